The lowest BCUT2D eigenvalue weighted by Gasteiger charge is -2.32. The van der Waals surface area contributed by atoms with E-state index in [-0.39, 0.29) is 5.92 Å². The molecule has 0 N–H and O–H groups in total. The minimum atomic E-state index is -2.89. The normalized spacial score (nSPS) is 22.4. The van der Waals surface area contributed by atoms with E-state index in [9.17, 15) is 8.42 Å². The first-order chi connectivity index (χ1) is 9.99. The summed E-state index contributed by atoms with van der Waals surface area (Å²) < 4.78 is 33.6. The van der Waals surface area contributed by atoms with Crippen molar-refractivity contribution in [3.05, 3.63) is 23.8 Å². The van der Waals surface area contributed by atoms with Crippen molar-refractivity contribution in [1.29, 1.82) is 0 Å². The maximum atomic E-state index is 11.4. The zero-order valence-corrected chi connectivity index (χ0v) is 13.1. The number of likely N-dealkylation sites (tertiary alicyclic amines) is 1. The van der Waals surface area contributed by atoms with Gasteiger partial charge in [0.25, 0.3) is 0 Å². The van der Waals surface area contributed by atoms with Gasteiger partial charge in [-0.2, -0.15) is 0 Å². The number of hydrogen-bond donors (Lipinski definition) is 0. The smallest absolute Gasteiger partial charge is 0.231 e. The first-order valence-corrected chi connectivity index (χ1v) is 9.34. The predicted molar refractivity (Wildman–Crippen MR) is 80.3 cm³/mol. The molecule has 21 heavy (non-hydrogen) atoms. The van der Waals surface area contributed by atoms with E-state index in [4.69, 9.17) is 9.47 Å². The molecule has 6 heteroatoms. The van der Waals surface area contributed by atoms with Crippen LogP contribution in [0.15, 0.2) is 18.2 Å². The van der Waals surface area contributed by atoms with Gasteiger partial charge in [-0.05, 0) is 43.0 Å². The second kappa shape index (κ2) is 5.85. The van der Waals surface area contributed by atoms with Gasteiger partial charge in [-0.15, -0.1) is 0 Å². The Hall–Kier alpha value is -1.27. The number of sulfone groups is 1. The Balaban J connectivity index is 1.62. The molecule has 0 aliphatic carbocycles. The zero-order valence-electron chi connectivity index (χ0n) is 12.2. The lowest BCUT2D eigenvalue weighted by Crippen LogP contribution is -2.37. The number of piperidine rings is 1. The molecule has 2 aliphatic rings. The molecular formula is C15H21NO4S. The molecule has 0 bridgehead atoms. The first kappa shape index (κ1) is 14.7. The third-order valence-electron chi connectivity index (χ3n) is 3.98. The lowest BCUT2D eigenvalue weighted by atomic mass is 9.99. The molecule has 2 aliphatic heterocycles. The van der Waals surface area contributed by atoms with E-state index in [0.29, 0.717) is 12.5 Å². The fraction of sp³-hybridized carbons (Fsp3) is 0.600. The van der Waals surface area contributed by atoms with Gasteiger partial charge in [-0.1, -0.05) is 6.07 Å². The second-order valence-corrected chi connectivity index (χ2v) is 8.21. The topological polar surface area (TPSA) is 55.8 Å². The van der Waals surface area contributed by atoms with Crippen molar-refractivity contribution in [2.45, 2.75) is 19.4 Å². The van der Waals surface area contributed by atoms with Crippen LogP contribution < -0.4 is 9.47 Å². The monoisotopic (exact) mass is 311 g/mol. The van der Waals surface area contributed by atoms with Crippen molar-refractivity contribution < 1.29 is 17.9 Å². The second-order valence-electron chi connectivity index (χ2n) is 6.02. The fourth-order valence-electron chi connectivity index (χ4n) is 3.16. The summed E-state index contributed by atoms with van der Waals surface area (Å²) in [6.45, 7) is 2.99. The highest BCUT2D eigenvalue weighted by Gasteiger charge is 2.23. The van der Waals surface area contributed by atoms with Gasteiger partial charge in [-0.25, -0.2) is 8.42 Å². The molecule has 1 aromatic carbocycles. The van der Waals surface area contributed by atoms with E-state index in [1.165, 1.54) is 11.8 Å². The average Bonchev–Trinajstić information content (AvgIpc) is 2.84. The quantitative estimate of drug-likeness (QED) is 0.846. The Morgan fingerprint density at radius 1 is 1.29 bits per heavy atom. The molecule has 2 heterocycles. The maximum absolute atomic E-state index is 11.4. The fourth-order valence-corrected chi connectivity index (χ4v) is 4.28. The molecule has 0 saturated carbocycles. The van der Waals surface area contributed by atoms with Crippen LogP contribution in [0, 0.1) is 5.92 Å². The van der Waals surface area contributed by atoms with Crippen molar-refractivity contribution in [3.63, 3.8) is 0 Å². The highest BCUT2D eigenvalue weighted by Crippen LogP contribution is 2.33. The number of hydrogen-bond acceptors (Lipinski definition) is 5. The zero-order chi connectivity index (χ0) is 14.9. The molecule has 5 nitrogen and oxygen atoms in total. The molecule has 0 spiro atoms. The third-order valence-corrected chi connectivity index (χ3v) is 5.06. The highest BCUT2D eigenvalue weighted by atomic mass is 32.2. The van der Waals surface area contributed by atoms with Gasteiger partial charge in [0.1, 0.15) is 9.84 Å². The Morgan fingerprint density at radius 2 is 2.10 bits per heavy atom. The van der Waals surface area contributed by atoms with Crippen LogP contribution >= 0.6 is 0 Å². The van der Waals surface area contributed by atoms with Crippen LogP contribution in [-0.4, -0.2) is 45.2 Å². The summed E-state index contributed by atoms with van der Waals surface area (Å²) in [6.07, 6.45) is 3.39. The van der Waals surface area contributed by atoms with Gasteiger partial charge < -0.3 is 9.47 Å². The van der Waals surface area contributed by atoms with Crippen molar-refractivity contribution >= 4 is 9.84 Å². The van der Waals surface area contributed by atoms with Crippen LogP contribution in [-0.2, 0) is 16.4 Å². The van der Waals surface area contributed by atoms with E-state index in [0.717, 1.165) is 44.0 Å². The summed E-state index contributed by atoms with van der Waals surface area (Å²) in [4.78, 5) is 2.33. The van der Waals surface area contributed by atoms with Crippen LogP contribution in [0.2, 0.25) is 0 Å². The van der Waals surface area contributed by atoms with Crippen molar-refractivity contribution in [2.75, 3.05) is 31.9 Å². The van der Waals surface area contributed by atoms with E-state index in [2.05, 4.69) is 4.90 Å². The van der Waals surface area contributed by atoms with Gasteiger partial charge in [-0.3, -0.25) is 4.90 Å². The molecule has 0 radical (unpaired) electrons. The van der Waals surface area contributed by atoms with E-state index in [1.54, 1.807) is 0 Å². The van der Waals surface area contributed by atoms with Crippen LogP contribution in [0.25, 0.3) is 0 Å². The molecule has 0 aromatic heterocycles. The van der Waals surface area contributed by atoms with Crippen molar-refractivity contribution in [3.8, 4) is 11.5 Å². The third kappa shape index (κ3) is 3.89. The molecule has 1 atom stereocenters. The summed E-state index contributed by atoms with van der Waals surface area (Å²) in [5.74, 6) is 2.15. The predicted octanol–water partition coefficient (Wildman–Crippen LogP) is 1.67. The minimum Gasteiger partial charge on any atom is -0.454 e. The molecule has 0 unspecified atom stereocenters. The van der Waals surface area contributed by atoms with Gasteiger partial charge >= 0.3 is 0 Å². The van der Waals surface area contributed by atoms with Gasteiger partial charge in [0.2, 0.25) is 6.79 Å². The van der Waals surface area contributed by atoms with Crippen LogP contribution in [0.1, 0.15) is 18.4 Å². The molecule has 1 fully saturated rings. The largest absolute Gasteiger partial charge is 0.454 e. The Kier molecular flexibility index (Phi) is 4.08. The number of benzene rings is 1. The van der Waals surface area contributed by atoms with E-state index >= 15 is 0 Å². The SMILES string of the molecule is CS(=O)(=O)C[C@@H]1CCCN(Cc2ccc3c(c2)OCO3)C1. The summed E-state index contributed by atoms with van der Waals surface area (Å²) >= 11 is 0. The average molecular weight is 311 g/mol. The summed E-state index contributed by atoms with van der Waals surface area (Å²) in [7, 11) is -2.89. The van der Waals surface area contributed by atoms with Gasteiger partial charge in [0.15, 0.2) is 11.5 Å². The molecule has 1 saturated heterocycles. The van der Waals surface area contributed by atoms with Crippen LogP contribution in [0.5, 0.6) is 11.5 Å². The maximum Gasteiger partial charge on any atom is 0.231 e. The van der Waals surface area contributed by atoms with Gasteiger partial charge in [0.05, 0.1) is 5.75 Å². The molecular weight excluding hydrogens is 290 g/mol. The van der Waals surface area contributed by atoms with E-state index in [1.807, 2.05) is 18.2 Å². The molecule has 0 amide bonds. The molecule has 116 valence electrons. The van der Waals surface area contributed by atoms with E-state index < -0.39 is 9.84 Å². The Labute approximate surface area is 125 Å². The first-order valence-electron chi connectivity index (χ1n) is 7.28. The van der Waals surface area contributed by atoms with Crippen LogP contribution in [0.4, 0.5) is 0 Å². The van der Waals surface area contributed by atoms with Gasteiger partial charge in [0, 0.05) is 19.3 Å². The lowest BCUT2D eigenvalue weighted by molar-refractivity contribution is 0.173. The number of fused-ring (bicyclic) bond motifs is 1. The highest BCUT2D eigenvalue weighted by molar-refractivity contribution is 7.90. The van der Waals surface area contributed by atoms with Crippen LogP contribution in [0.3, 0.4) is 0 Å². The molecule has 3 rings (SSSR count). The van der Waals surface area contributed by atoms with Crippen molar-refractivity contribution in [1.82, 2.24) is 4.90 Å². The number of rotatable bonds is 4. The summed E-state index contributed by atoms with van der Waals surface area (Å²) in [6, 6.07) is 6.01. The summed E-state index contributed by atoms with van der Waals surface area (Å²) in [5.41, 5.74) is 1.18. The minimum absolute atomic E-state index is 0.253. The number of ether oxygens (including phenoxy) is 2. The molecule has 1 aromatic rings. The standard InChI is InChI=1S/C15H21NO4S/c1-21(17,18)10-13-3-2-6-16(9-13)8-12-4-5-14-15(7-12)20-11-19-14/h4-5,7,13H,2-3,6,8-11H2,1H3/t13-/m1/s1. The number of nitrogens with zero attached hydrogens (tertiary/aromatic N) is 1. The Morgan fingerprint density at radius 3 is 2.90 bits per heavy atom. The summed E-state index contributed by atoms with van der Waals surface area (Å²) in [5, 5.41) is 0. The van der Waals surface area contributed by atoms with Crippen molar-refractivity contribution in [2.24, 2.45) is 5.92 Å². The Bertz CT molecular complexity index is 614.